The molecule has 0 N–H and O–H groups in total. The Morgan fingerprint density at radius 1 is 1.17 bits per heavy atom. The van der Waals surface area contributed by atoms with Crippen LogP contribution in [0.25, 0.3) is 11.3 Å². The molecule has 2 heterocycles. The van der Waals surface area contributed by atoms with Gasteiger partial charge in [0.2, 0.25) is 5.91 Å². The van der Waals surface area contributed by atoms with Gasteiger partial charge in [-0.2, -0.15) is 0 Å². The van der Waals surface area contributed by atoms with E-state index in [1.54, 1.807) is 17.2 Å². The summed E-state index contributed by atoms with van der Waals surface area (Å²) in [4.78, 5) is 18.4. The van der Waals surface area contributed by atoms with Crippen molar-refractivity contribution in [3.63, 3.8) is 0 Å². The number of amides is 1. The first kappa shape index (κ1) is 14.6. The lowest BCUT2D eigenvalue weighted by Gasteiger charge is -2.17. The fraction of sp³-hybridized carbons (Fsp3) is 0.158. The van der Waals surface area contributed by atoms with E-state index in [-0.39, 0.29) is 17.6 Å². The van der Waals surface area contributed by atoms with Crippen molar-refractivity contribution in [2.75, 3.05) is 11.4 Å². The quantitative estimate of drug-likeness (QED) is 0.732. The van der Waals surface area contributed by atoms with Gasteiger partial charge in [0.1, 0.15) is 5.82 Å². The molecule has 1 amide bonds. The third-order valence-corrected chi connectivity index (χ3v) is 4.35. The number of nitrogens with zero attached hydrogens (tertiary/aromatic N) is 2. The van der Waals surface area contributed by atoms with Gasteiger partial charge >= 0.3 is 0 Å². The molecule has 1 aromatic heterocycles. The second-order valence-corrected chi connectivity index (χ2v) is 5.80. The molecular weight excluding hydrogens is 307 g/mol. The number of aromatic nitrogens is 1. The highest BCUT2D eigenvalue weighted by atomic mass is 19.1. The zero-order valence-electron chi connectivity index (χ0n) is 12.9. The lowest BCUT2D eigenvalue weighted by molar-refractivity contribution is -0.118. The minimum absolute atomic E-state index is 0.00742. The summed E-state index contributed by atoms with van der Waals surface area (Å²) < 4.78 is 18.7. The van der Waals surface area contributed by atoms with Crippen molar-refractivity contribution in [3.05, 3.63) is 72.5 Å². The molecule has 1 aliphatic heterocycles. The predicted octanol–water partition coefficient (Wildman–Crippen LogP) is 4.00. The van der Waals surface area contributed by atoms with Crippen LogP contribution in [0.2, 0.25) is 0 Å². The minimum Gasteiger partial charge on any atom is -0.444 e. The van der Waals surface area contributed by atoms with Crippen LogP contribution in [0.4, 0.5) is 10.1 Å². The van der Waals surface area contributed by atoms with E-state index in [9.17, 15) is 9.18 Å². The van der Waals surface area contributed by atoms with E-state index in [2.05, 4.69) is 4.98 Å². The Morgan fingerprint density at radius 2 is 2.00 bits per heavy atom. The van der Waals surface area contributed by atoms with Gasteiger partial charge in [-0.1, -0.05) is 12.1 Å². The lowest BCUT2D eigenvalue weighted by Crippen LogP contribution is -2.26. The van der Waals surface area contributed by atoms with Crippen LogP contribution < -0.4 is 4.90 Å². The highest BCUT2D eigenvalue weighted by Crippen LogP contribution is 2.33. The lowest BCUT2D eigenvalue weighted by atomic mass is 9.98. The van der Waals surface area contributed by atoms with Crippen molar-refractivity contribution in [1.29, 1.82) is 0 Å². The van der Waals surface area contributed by atoms with Crippen LogP contribution in [0.15, 0.2) is 65.5 Å². The summed E-state index contributed by atoms with van der Waals surface area (Å²) in [7, 11) is 0. The number of carbonyl (C=O) groups excluding carboxylic acids is 1. The number of benzene rings is 2. The number of oxazole rings is 1. The maximum Gasteiger partial charge on any atom is 0.234 e. The molecule has 24 heavy (non-hydrogen) atoms. The number of rotatable bonds is 3. The van der Waals surface area contributed by atoms with Crippen LogP contribution >= 0.6 is 0 Å². The highest BCUT2D eigenvalue weighted by molar-refractivity contribution is 6.00. The fourth-order valence-corrected chi connectivity index (χ4v) is 3.13. The van der Waals surface area contributed by atoms with Crippen LogP contribution in [0.5, 0.6) is 0 Å². The van der Waals surface area contributed by atoms with E-state index in [4.69, 9.17) is 4.42 Å². The largest absolute Gasteiger partial charge is 0.444 e. The standard InChI is InChI=1S/C19H15FN2O2/c20-15-3-1-2-14(10-15)17-8-9-22(19(17)23)16-6-4-13(5-7-16)18-11-21-12-24-18/h1-7,10-12,17H,8-9H2/t17-/m0/s1. The Balaban J connectivity index is 1.56. The molecule has 5 heteroatoms. The molecule has 120 valence electrons. The summed E-state index contributed by atoms with van der Waals surface area (Å²) in [6.45, 7) is 0.627. The van der Waals surface area contributed by atoms with E-state index >= 15 is 0 Å². The smallest absolute Gasteiger partial charge is 0.234 e. The average Bonchev–Trinajstić information content (AvgIpc) is 3.25. The van der Waals surface area contributed by atoms with Gasteiger partial charge in [0.05, 0.1) is 12.1 Å². The molecular formula is C19H15FN2O2. The van der Waals surface area contributed by atoms with Gasteiger partial charge in [-0.05, 0) is 48.4 Å². The Kier molecular flexibility index (Phi) is 3.61. The summed E-state index contributed by atoms with van der Waals surface area (Å²) in [5.74, 6) is 0.102. The highest BCUT2D eigenvalue weighted by Gasteiger charge is 2.33. The number of carbonyl (C=O) groups is 1. The normalized spacial score (nSPS) is 17.5. The van der Waals surface area contributed by atoms with E-state index < -0.39 is 0 Å². The molecule has 0 radical (unpaired) electrons. The first-order valence-electron chi connectivity index (χ1n) is 7.78. The van der Waals surface area contributed by atoms with Crippen LogP contribution in [-0.4, -0.2) is 17.4 Å². The maximum atomic E-state index is 13.4. The molecule has 0 bridgehead atoms. The van der Waals surface area contributed by atoms with Crippen LogP contribution in [-0.2, 0) is 4.79 Å². The number of hydrogen-bond donors (Lipinski definition) is 0. The zero-order chi connectivity index (χ0) is 16.5. The van der Waals surface area contributed by atoms with Crippen molar-refractivity contribution >= 4 is 11.6 Å². The van der Waals surface area contributed by atoms with E-state index in [0.717, 1.165) is 16.8 Å². The molecule has 4 nitrogen and oxygen atoms in total. The number of halogens is 1. The molecule has 3 aromatic rings. The van der Waals surface area contributed by atoms with Crippen molar-refractivity contribution in [3.8, 4) is 11.3 Å². The minimum atomic E-state index is -0.310. The zero-order valence-corrected chi connectivity index (χ0v) is 12.9. The summed E-state index contributed by atoms with van der Waals surface area (Å²) in [6, 6.07) is 13.9. The molecule has 0 saturated carbocycles. The van der Waals surface area contributed by atoms with Crippen molar-refractivity contribution < 1.29 is 13.6 Å². The molecule has 4 rings (SSSR count). The second kappa shape index (κ2) is 5.92. The molecule has 0 unspecified atom stereocenters. The van der Waals surface area contributed by atoms with Gasteiger partial charge in [0.15, 0.2) is 12.2 Å². The Hall–Kier alpha value is -2.95. The third-order valence-electron chi connectivity index (χ3n) is 4.35. The Morgan fingerprint density at radius 3 is 2.71 bits per heavy atom. The summed E-state index contributed by atoms with van der Waals surface area (Å²) in [5.41, 5.74) is 2.48. The predicted molar refractivity (Wildman–Crippen MR) is 88.1 cm³/mol. The second-order valence-electron chi connectivity index (χ2n) is 5.80. The molecule has 1 atom stereocenters. The number of anilines is 1. The van der Waals surface area contributed by atoms with Crippen molar-refractivity contribution in [2.24, 2.45) is 0 Å². The van der Waals surface area contributed by atoms with E-state index in [0.29, 0.717) is 18.7 Å². The molecule has 1 aliphatic rings. The monoisotopic (exact) mass is 322 g/mol. The van der Waals surface area contributed by atoms with Crippen molar-refractivity contribution in [1.82, 2.24) is 4.98 Å². The third kappa shape index (κ3) is 2.58. The maximum absolute atomic E-state index is 13.4. The van der Waals surface area contributed by atoms with Gasteiger partial charge in [-0.15, -0.1) is 0 Å². The Bertz CT molecular complexity index is 859. The van der Waals surface area contributed by atoms with Gasteiger partial charge in [0, 0.05) is 17.8 Å². The van der Waals surface area contributed by atoms with Gasteiger partial charge in [-0.3, -0.25) is 4.79 Å². The number of hydrogen-bond acceptors (Lipinski definition) is 3. The SMILES string of the molecule is O=C1[C@H](c2cccc(F)c2)CCN1c1ccc(-c2cnco2)cc1. The van der Waals surface area contributed by atoms with E-state index in [1.807, 2.05) is 30.3 Å². The van der Waals surface area contributed by atoms with Crippen LogP contribution in [0.3, 0.4) is 0 Å². The van der Waals surface area contributed by atoms with Gasteiger partial charge < -0.3 is 9.32 Å². The summed E-state index contributed by atoms with van der Waals surface area (Å²) in [5, 5.41) is 0. The first-order valence-corrected chi connectivity index (χ1v) is 7.78. The molecule has 0 spiro atoms. The van der Waals surface area contributed by atoms with Gasteiger partial charge in [0.25, 0.3) is 0 Å². The van der Waals surface area contributed by atoms with E-state index in [1.165, 1.54) is 18.5 Å². The molecule has 1 fully saturated rings. The molecule has 1 saturated heterocycles. The summed E-state index contributed by atoms with van der Waals surface area (Å²) in [6.07, 6.45) is 3.72. The topological polar surface area (TPSA) is 46.3 Å². The van der Waals surface area contributed by atoms with Gasteiger partial charge in [-0.25, -0.2) is 9.37 Å². The first-order chi connectivity index (χ1) is 11.7. The molecule has 0 aliphatic carbocycles. The fourth-order valence-electron chi connectivity index (χ4n) is 3.13. The molecule has 2 aromatic carbocycles. The average molecular weight is 322 g/mol. The van der Waals surface area contributed by atoms with Crippen LogP contribution in [0, 0.1) is 5.82 Å². The van der Waals surface area contributed by atoms with Crippen molar-refractivity contribution in [2.45, 2.75) is 12.3 Å². The Labute approximate surface area is 138 Å². The van der Waals surface area contributed by atoms with Crippen LogP contribution in [0.1, 0.15) is 17.9 Å². The summed E-state index contributed by atoms with van der Waals surface area (Å²) >= 11 is 0.